The lowest BCUT2D eigenvalue weighted by atomic mass is 10.2. The van der Waals surface area contributed by atoms with Crippen molar-refractivity contribution in [1.82, 2.24) is 4.31 Å². The molecular formula is C17H17NO8S. The maximum absolute atomic E-state index is 12.5. The number of benzene rings is 1. The third-order valence-corrected chi connectivity index (χ3v) is 5.25. The van der Waals surface area contributed by atoms with E-state index in [1.54, 1.807) is 0 Å². The Hall–Kier alpha value is -3.01. The Morgan fingerprint density at radius 1 is 1.11 bits per heavy atom. The molecule has 1 heterocycles. The zero-order valence-corrected chi connectivity index (χ0v) is 15.3. The molecule has 10 heteroatoms. The summed E-state index contributed by atoms with van der Waals surface area (Å²) in [5, 5.41) is 0. The van der Waals surface area contributed by atoms with Gasteiger partial charge in [0.25, 0.3) is 10.0 Å². The van der Waals surface area contributed by atoms with Crippen LogP contribution in [-0.4, -0.2) is 49.7 Å². The second-order valence-electron chi connectivity index (χ2n) is 5.64. The number of carbonyl (C=O) groups excluding carboxylic acids is 4. The van der Waals surface area contributed by atoms with E-state index in [2.05, 4.69) is 6.58 Å². The molecule has 1 fully saturated rings. The third-order valence-electron chi connectivity index (χ3n) is 3.51. The molecule has 1 aromatic rings. The summed E-state index contributed by atoms with van der Waals surface area (Å²) in [6.45, 7) is 4.44. The molecule has 0 aliphatic carbocycles. The minimum Gasteiger partial charge on any atom is -0.459 e. The zero-order valence-electron chi connectivity index (χ0n) is 14.5. The minimum atomic E-state index is -4.39. The molecule has 0 spiro atoms. The lowest BCUT2D eigenvalue weighted by Gasteiger charge is -2.14. The second kappa shape index (κ2) is 8.12. The van der Waals surface area contributed by atoms with Crippen molar-refractivity contribution < 1.29 is 37.1 Å². The van der Waals surface area contributed by atoms with Crippen LogP contribution in [0.3, 0.4) is 0 Å². The average molecular weight is 395 g/mol. The summed E-state index contributed by atoms with van der Waals surface area (Å²) in [5.74, 6) is -3.10. The minimum absolute atomic E-state index is 0.0959. The molecule has 0 unspecified atom stereocenters. The van der Waals surface area contributed by atoms with Crippen molar-refractivity contribution in [1.29, 1.82) is 0 Å². The first kappa shape index (κ1) is 20.3. The van der Waals surface area contributed by atoms with Crippen LogP contribution in [0, 0.1) is 0 Å². The predicted molar refractivity (Wildman–Crippen MR) is 90.8 cm³/mol. The lowest BCUT2D eigenvalue weighted by Crippen LogP contribution is -2.35. The largest absolute Gasteiger partial charge is 0.459 e. The fourth-order valence-corrected chi connectivity index (χ4v) is 3.64. The van der Waals surface area contributed by atoms with Crippen LogP contribution < -0.4 is 0 Å². The number of carbonyl (C=O) groups is 4. The van der Waals surface area contributed by atoms with Crippen LogP contribution in [-0.2, 0) is 33.9 Å². The molecule has 0 aromatic heterocycles. The van der Waals surface area contributed by atoms with Crippen molar-refractivity contribution in [2.45, 2.75) is 24.7 Å². The summed E-state index contributed by atoms with van der Waals surface area (Å²) in [4.78, 5) is 46.2. The summed E-state index contributed by atoms with van der Waals surface area (Å²) >= 11 is 0. The summed E-state index contributed by atoms with van der Waals surface area (Å²) in [5.41, 5.74) is 0.103. The van der Waals surface area contributed by atoms with Crippen LogP contribution in [0.1, 0.15) is 30.1 Å². The molecule has 144 valence electrons. The third kappa shape index (κ3) is 4.59. The van der Waals surface area contributed by atoms with E-state index in [0.29, 0.717) is 0 Å². The molecule has 0 atom stereocenters. The highest BCUT2D eigenvalue weighted by molar-refractivity contribution is 7.90. The van der Waals surface area contributed by atoms with Crippen LogP contribution in [0.15, 0.2) is 41.3 Å². The van der Waals surface area contributed by atoms with Gasteiger partial charge in [-0.25, -0.2) is 18.0 Å². The molecule has 1 aliphatic heterocycles. The maximum atomic E-state index is 12.5. The van der Waals surface area contributed by atoms with E-state index < -0.39 is 33.8 Å². The molecular weight excluding hydrogens is 378 g/mol. The SMILES string of the molecule is C=C(C)C(=O)OCCOC(=O)c1cccc(S(=O)(=O)N2C(=O)CCC2=O)c1. The number of imide groups is 1. The second-order valence-corrected chi connectivity index (χ2v) is 7.42. The van der Waals surface area contributed by atoms with E-state index in [1.165, 1.54) is 25.1 Å². The molecule has 0 bridgehead atoms. The van der Waals surface area contributed by atoms with E-state index in [4.69, 9.17) is 9.47 Å². The molecule has 1 saturated heterocycles. The highest BCUT2D eigenvalue weighted by Crippen LogP contribution is 2.23. The molecule has 1 aliphatic rings. The fourth-order valence-electron chi connectivity index (χ4n) is 2.19. The van der Waals surface area contributed by atoms with Crippen molar-refractivity contribution in [3.05, 3.63) is 42.0 Å². The van der Waals surface area contributed by atoms with Gasteiger partial charge in [-0.1, -0.05) is 12.6 Å². The van der Waals surface area contributed by atoms with E-state index in [9.17, 15) is 27.6 Å². The first-order valence-electron chi connectivity index (χ1n) is 7.85. The van der Waals surface area contributed by atoms with E-state index >= 15 is 0 Å². The van der Waals surface area contributed by atoms with Crippen LogP contribution in [0.2, 0.25) is 0 Å². The molecule has 2 amide bonds. The zero-order chi connectivity index (χ0) is 20.2. The van der Waals surface area contributed by atoms with Gasteiger partial charge in [0.15, 0.2) is 0 Å². The predicted octanol–water partition coefficient (Wildman–Crippen LogP) is 0.800. The molecule has 27 heavy (non-hydrogen) atoms. The Labute approximate surface area is 155 Å². The van der Waals surface area contributed by atoms with Crippen molar-refractivity contribution in [2.24, 2.45) is 0 Å². The number of ether oxygens (including phenoxy) is 2. The van der Waals surface area contributed by atoms with Crippen molar-refractivity contribution in [3.63, 3.8) is 0 Å². The Bertz CT molecular complexity index is 903. The highest BCUT2D eigenvalue weighted by atomic mass is 32.2. The summed E-state index contributed by atoms with van der Waals surface area (Å²) in [6.07, 6.45) is -0.356. The van der Waals surface area contributed by atoms with Crippen LogP contribution >= 0.6 is 0 Å². The number of hydrogen-bond donors (Lipinski definition) is 0. The molecule has 9 nitrogen and oxygen atoms in total. The monoisotopic (exact) mass is 395 g/mol. The Kier molecular flexibility index (Phi) is 6.11. The van der Waals surface area contributed by atoms with Gasteiger partial charge in [-0.2, -0.15) is 4.31 Å². The molecule has 1 aromatic carbocycles. The van der Waals surface area contributed by atoms with Gasteiger partial charge in [-0.05, 0) is 25.1 Å². The first-order chi connectivity index (χ1) is 12.6. The van der Waals surface area contributed by atoms with E-state index in [1.807, 2.05) is 0 Å². The van der Waals surface area contributed by atoms with Gasteiger partial charge < -0.3 is 9.47 Å². The maximum Gasteiger partial charge on any atom is 0.338 e. The van der Waals surface area contributed by atoms with Gasteiger partial charge in [0, 0.05) is 18.4 Å². The quantitative estimate of drug-likeness (QED) is 0.287. The van der Waals surface area contributed by atoms with E-state index in [0.717, 1.165) is 6.07 Å². The summed E-state index contributed by atoms with van der Waals surface area (Å²) in [7, 11) is -4.39. The van der Waals surface area contributed by atoms with Crippen molar-refractivity contribution in [3.8, 4) is 0 Å². The first-order valence-corrected chi connectivity index (χ1v) is 9.29. The van der Waals surface area contributed by atoms with Crippen molar-refractivity contribution >= 4 is 33.8 Å². The summed E-state index contributed by atoms with van der Waals surface area (Å²) in [6, 6.07) is 4.78. The number of amides is 2. The van der Waals surface area contributed by atoms with Crippen LogP contribution in [0.5, 0.6) is 0 Å². The van der Waals surface area contributed by atoms with Crippen LogP contribution in [0.25, 0.3) is 0 Å². The van der Waals surface area contributed by atoms with Gasteiger partial charge in [-0.15, -0.1) is 0 Å². The number of esters is 2. The summed E-state index contributed by atoms with van der Waals surface area (Å²) < 4.78 is 34.9. The molecule has 0 radical (unpaired) electrons. The molecule has 2 rings (SSSR count). The van der Waals surface area contributed by atoms with Gasteiger partial charge in [0.1, 0.15) is 13.2 Å². The van der Waals surface area contributed by atoms with Gasteiger partial charge in [-0.3, -0.25) is 9.59 Å². The normalized spacial score (nSPS) is 14.2. The topological polar surface area (TPSA) is 124 Å². The molecule has 0 N–H and O–H groups in total. The smallest absolute Gasteiger partial charge is 0.338 e. The number of rotatable bonds is 7. The number of sulfonamides is 1. The Morgan fingerprint density at radius 3 is 2.30 bits per heavy atom. The van der Waals surface area contributed by atoms with Gasteiger partial charge in [0.2, 0.25) is 11.8 Å². The Balaban J connectivity index is 2.07. The lowest BCUT2D eigenvalue weighted by molar-refractivity contribution is -0.140. The number of hydrogen-bond acceptors (Lipinski definition) is 8. The van der Waals surface area contributed by atoms with Gasteiger partial charge >= 0.3 is 11.9 Å². The van der Waals surface area contributed by atoms with Gasteiger partial charge in [0.05, 0.1) is 10.5 Å². The number of nitrogens with zero attached hydrogens (tertiary/aromatic N) is 1. The fraction of sp³-hybridized carbons (Fsp3) is 0.294. The average Bonchev–Trinajstić information content (AvgIpc) is 2.97. The Morgan fingerprint density at radius 2 is 1.70 bits per heavy atom. The molecule has 0 saturated carbocycles. The van der Waals surface area contributed by atoms with Crippen LogP contribution in [0.4, 0.5) is 0 Å². The van der Waals surface area contributed by atoms with Crippen molar-refractivity contribution in [2.75, 3.05) is 13.2 Å². The van der Waals surface area contributed by atoms with E-state index in [-0.39, 0.29) is 46.4 Å². The highest BCUT2D eigenvalue weighted by Gasteiger charge is 2.39. The standard InChI is InChI=1S/C17H17NO8S/c1-11(2)16(21)25-8-9-26-17(22)12-4-3-5-13(10-12)27(23,24)18-14(19)6-7-15(18)20/h3-5,10H,1,6-9H2,2H3.